The maximum absolute atomic E-state index is 5.56. The molecule has 1 unspecified atom stereocenters. The third kappa shape index (κ3) is 3.79. The monoisotopic (exact) mass is 268 g/mol. The summed E-state index contributed by atoms with van der Waals surface area (Å²) in [7, 11) is 1.76. The standard InChI is InChI=1S/C14H24N2OS/c1-17-10-12(5-3-7-15)16-9-13-8-11-4-2-6-14(11)18-13/h8,12,16H,2-7,9-10,15H2,1H3. The van der Waals surface area contributed by atoms with E-state index >= 15 is 0 Å². The predicted molar refractivity (Wildman–Crippen MR) is 77.1 cm³/mol. The van der Waals surface area contributed by atoms with Crippen LogP contribution >= 0.6 is 11.3 Å². The van der Waals surface area contributed by atoms with E-state index in [1.165, 1.54) is 24.1 Å². The number of methoxy groups -OCH3 is 1. The van der Waals surface area contributed by atoms with Gasteiger partial charge in [-0.05, 0) is 50.3 Å². The van der Waals surface area contributed by atoms with Gasteiger partial charge in [-0.1, -0.05) is 0 Å². The highest BCUT2D eigenvalue weighted by molar-refractivity contribution is 7.12. The smallest absolute Gasteiger partial charge is 0.0615 e. The van der Waals surface area contributed by atoms with E-state index in [0.29, 0.717) is 6.04 Å². The second kappa shape index (κ2) is 7.24. The molecule has 0 radical (unpaired) electrons. The number of hydrogen-bond donors (Lipinski definition) is 2. The van der Waals surface area contributed by atoms with Gasteiger partial charge in [-0.3, -0.25) is 0 Å². The first-order valence-electron chi connectivity index (χ1n) is 6.86. The maximum Gasteiger partial charge on any atom is 0.0615 e. The quantitative estimate of drug-likeness (QED) is 0.759. The Balaban J connectivity index is 1.80. The van der Waals surface area contributed by atoms with Gasteiger partial charge in [0.1, 0.15) is 0 Å². The predicted octanol–water partition coefficient (Wildman–Crippen LogP) is 2.08. The molecule has 18 heavy (non-hydrogen) atoms. The van der Waals surface area contributed by atoms with Gasteiger partial charge < -0.3 is 15.8 Å². The molecule has 3 nitrogen and oxygen atoms in total. The van der Waals surface area contributed by atoms with Crippen LogP contribution in [-0.4, -0.2) is 26.3 Å². The van der Waals surface area contributed by atoms with Crippen LogP contribution in [0.2, 0.25) is 0 Å². The fourth-order valence-corrected chi connectivity index (χ4v) is 3.74. The van der Waals surface area contributed by atoms with Crippen LogP contribution in [-0.2, 0) is 24.1 Å². The molecule has 1 aromatic rings. The minimum Gasteiger partial charge on any atom is -0.383 e. The van der Waals surface area contributed by atoms with Crippen LogP contribution in [0, 0.1) is 0 Å². The minimum atomic E-state index is 0.426. The van der Waals surface area contributed by atoms with E-state index in [2.05, 4.69) is 11.4 Å². The number of rotatable bonds is 8. The van der Waals surface area contributed by atoms with Gasteiger partial charge in [0.25, 0.3) is 0 Å². The van der Waals surface area contributed by atoms with Crippen molar-refractivity contribution >= 4 is 11.3 Å². The van der Waals surface area contributed by atoms with Crippen LogP contribution in [0.5, 0.6) is 0 Å². The van der Waals surface area contributed by atoms with E-state index in [1.807, 2.05) is 11.3 Å². The van der Waals surface area contributed by atoms with Gasteiger partial charge in [0.2, 0.25) is 0 Å². The lowest BCUT2D eigenvalue weighted by Crippen LogP contribution is -2.33. The van der Waals surface area contributed by atoms with Crippen molar-refractivity contribution in [2.24, 2.45) is 5.73 Å². The van der Waals surface area contributed by atoms with Gasteiger partial charge in [-0.2, -0.15) is 0 Å². The molecule has 0 spiro atoms. The van der Waals surface area contributed by atoms with Gasteiger partial charge in [0.05, 0.1) is 6.61 Å². The van der Waals surface area contributed by atoms with Gasteiger partial charge >= 0.3 is 0 Å². The van der Waals surface area contributed by atoms with Gasteiger partial charge in [-0.15, -0.1) is 11.3 Å². The lowest BCUT2D eigenvalue weighted by atomic mass is 10.1. The number of nitrogens with one attached hydrogen (secondary N) is 1. The van der Waals surface area contributed by atoms with Crippen molar-refractivity contribution in [3.8, 4) is 0 Å². The summed E-state index contributed by atoms with van der Waals surface area (Å²) in [5.41, 5.74) is 7.15. The minimum absolute atomic E-state index is 0.426. The molecule has 1 aliphatic carbocycles. The molecule has 102 valence electrons. The summed E-state index contributed by atoms with van der Waals surface area (Å²) >= 11 is 1.98. The number of fused-ring (bicyclic) bond motifs is 1. The number of thiophene rings is 1. The SMILES string of the molecule is COCC(CCCN)NCc1cc2c(s1)CCC2. The third-order valence-corrected chi connectivity index (χ3v) is 4.72. The molecular formula is C14H24N2OS. The first-order chi connectivity index (χ1) is 8.83. The highest BCUT2D eigenvalue weighted by Gasteiger charge is 2.15. The molecule has 4 heteroatoms. The average molecular weight is 268 g/mol. The molecule has 0 aliphatic heterocycles. The molecule has 0 aromatic carbocycles. The van der Waals surface area contributed by atoms with E-state index in [9.17, 15) is 0 Å². The molecular weight excluding hydrogens is 244 g/mol. The molecule has 0 amide bonds. The van der Waals surface area contributed by atoms with Crippen LogP contribution in [0.1, 0.15) is 34.6 Å². The Morgan fingerprint density at radius 3 is 3.11 bits per heavy atom. The second-order valence-corrected chi connectivity index (χ2v) is 6.20. The van der Waals surface area contributed by atoms with Crippen LogP contribution in [0.25, 0.3) is 0 Å². The third-order valence-electron chi connectivity index (χ3n) is 3.49. The number of hydrogen-bond acceptors (Lipinski definition) is 4. The van der Waals surface area contributed by atoms with Crippen LogP contribution in [0.4, 0.5) is 0 Å². The maximum atomic E-state index is 5.56. The first-order valence-corrected chi connectivity index (χ1v) is 7.68. The molecule has 0 saturated heterocycles. The van der Waals surface area contributed by atoms with Crippen molar-refractivity contribution in [1.29, 1.82) is 0 Å². The molecule has 0 fully saturated rings. The van der Waals surface area contributed by atoms with Crippen LogP contribution < -0.4 is 11.1 Å². The van der Waals surface area contributed by atoms with Crippen molar-refractivity contribution in [1.82, 2.24) is 5.32 Å². The topological polar surface area (TPSA) is 47.3 Å². The molecule has 3 N–H and O–H groups in total. The van der Waals surface area contributed by atoms with E-state index in [-0.39, 0.29) is 0 Å². The lowest BCUT2D eigenvalue weighted by Gasteiger charge is -2.17. The Morgan fingerprint density at radius 2 is 2.39 bits per heavy atom. The zero-order chi connectivity index (χ0) is 12.8. The highest BCUT2D eigenvalue weighted by atomic mass is 32.1. The summed E-state index contributed by atoms with van der Waals surface area (Å²) < 4.78 is 5.25. The Morgan fingerprint density at radius 1 is 1.50 bits per heavy atom. The average Bonchev–Trinajstić information content (AvgIpc) is 2.93. The Labute approximate surface area is 114 Å². The normalized spacial score (nSPS) is 15.9. The van der Waals surface area contributed by atoms with Crippen LogP contribution in [0.3, 0.4) is 0 Å². The van der Waals surface area contributed by atoms with Gasteiger partial charge in [0, 0.05) is 29.5 Å². The first kappa shape index (κ1) is 14.0. The Hall–Kier alpha value is -0.420. The summed E-state index contributed by atoms with van der Waals surface area (Å²) in [5.74, 6) is 0. The molecule has 1 aromatic heterocycles. The number of ether oxygens (including phenoxy) is 1. The van der Waals surface area contributed by atoms with Gasteiger partial charge in [0.15, 0.2) is 0 Å². The van der Waals surface area contributed by atoms with E-state index in [0.717, 1.165) is 32.5 Å². The van der Waals surface area contributed by atoms with Crippen molar-refractivity contribution < 1.29 is 4.74 Å². The molecule has 1 atom stereocenters. The van der Waals surface area contributed by atoms with E-state index in [1.54, 1.807) is 17.6 Å². The summed E-state index contributed by atoms with van der Waals surface area (Å²) in [6, 6.07) is 2.81. The highest BCUT2D eigenvalue weighted by Crippen LogP contribution is 2.30. The zero-order valence-electron chi connectivity index (χ0n) is 11.2. The largest absolute Gasteiger partial charge is 0.383 e. The molecule has 1 heterocycles. The van der Waals surface area contributed by atoms with E-state index < -0.39 is 0 Å². The van der Waals surface area contributed by atoms with E-state index in [4.69, 9.17) is 10.5 Å². The fourth-order valence-electron chi connectivity index (χ4n) is 2.53. The van der Waals surface area contributed by atoms with Crippen LogP contribution in [0.15, 0.2) is 6.07 Å². The van der Waals surface area contributed by atoms with Crippen molar-refractivity contribution in [3.63, 3.8) is 0 Å². The molecule has 2 rings (SSSR count). The van der Waals surface area contributed by atoms with Crippen molar-refractivity contribution in [2.75, 3.05) is 20.3 Å². The Kier molecular flexibility index (Phi) is 5.63. The number of nitrogens with two attached hydrogens (primary N) is 1. The summed E-state index contributed by atoms with van der Waals surface area (Å²) in [6.45, 7) is 2.50. The number of aryl methyl sites for hydroxylation is 2. The summed E-state index contributed by atoms with van der Waals surface area (Å²) in [6.07, 6.45) is 6.06. The molecule has 1 aliphatic rings. The second-order valence-electron chi connectivity index (χ2n) is 4.98. The molecule has 0 bridgehead atoms. The molecule has 0 saturated carbocycles. The lowest BCUT2D eigenvalue weighted by molar-refractivity contribution is 0.161. The zero-order valence-corrected chi connectivity index (χ0v) is 12.0. The Bertz CT molecular complexity index is 343. The summed E-state index contributed by atoms with van der Waals surface area (Å²) in [4.78, 5) is 3.07. The van der Waals surface area contributed by atoms with Crippen molar-refractivity contribution in [2.45, 2.75) is 44.7 Å². The summed E-state index contributed by atoms with van der Waals surface area (Å²) in [5, 5.41) is 3.59. The van der Waals surface area contributed by atoms with Gasteiger partial charge in [-0.25, -0.2) is 0 Å². The van der Waals surface area contributed by atoms with Crippen molar-refractivity contribution in [3.05, 3.63) is 21.4 Å². The fraction of sp³-hybridized carbons (Fsp3) is 0.714.